The summed E-state index contributed by atoms with van der Waals surface area (Å²) in [6.07, 6.45) is -16.2. The van der Waals surface area contributed by atoms with Crippen molar-refractivity contribution in [1.82, 2.24) is 0 Å². The van der Waals surface area contributed by atoms with E-state index >= 15 is 0 Å². The summed E-state index contributed by atoms with van der Waals surface area (Å²) in [6, 6.07) is 0. The molecule has 16 heteroatoms. The van der Waals surface area contributed by atoms with Crippen LogP contribution in [0.2, 0.25) is 0 Å². The zero-order valence-corrected chi connectivity index (χ0v) is 18.5. The van der Waals surface area contributed by atoms with Gasteiger partial charge in [0.15, 0.2) is 0 Å². The summed E-state index contributed by atoms with van der Waals surface area (Å²) in [5.41, 5.74) is 0. The number of ether oxygens (including phenoxy) is 4. The largest absolute Gasteiger partial charge is 0.477 e. The van der Waals surface area contributed by atoms with Crippen LogP contribution in [-0.2, 0) is 28.5 Å². The van der Waals surface area contributed by atoms with Crippen LogP contribution in [0.15, 0.2) is 0 Å². The van der Waals surface area contributed by atoms with E-state index in [0.29, 0.717) is 0 Å². The van der Waals surface area contributed by atoms with E-state index in [4.69, 9.17) is 29.2 Å². The fraction of sp³-hybridized carbons (Fsp3) is 0.895. The smallest absolute Gasteiger partial charge is 0.364 e. The van der Waals surface area contributed by atoms with Gasteiger partial charge in [0.2, 0.25) is 0 Å². The van der Waals surface area contributed by atoms with Gasteiger partial charge < -0.3 is 70.0 Å². The first kappa shape index (κ1) is 29.7. The third kappa shape index (κ3) is 6.43. The number of carbonyl (C=O) groups is 2. The molecule has 0 saturated carbocycles. The third-order valence-electron chi connectivity index (χ3n) is 5.79. The Hall–Kier alpha value is -1.54. The summed E-state index contributed by atoms with van der Waals surface area (Å²) in [5, 5.41) is 98.1. The quantitative estimate of drug-likeness (QED) is 0.108. The van der Waals surface area contributed by atoms with E-state index in [2.05, 4.69) is 0 Å². The molecule has 10 atom stereocenters. The first-order valence-electron chi connectivity index (χ1n) is 10.7. The number of hydrogen-bond acceptors (Lipinski definition) is 14. The lowest BCUT2D eigenvalue weighted by atomic mass is 9.91. The average molecular weight is 516 g/mol. The van der Waals surface area contributed by atoms with Crippen LogP contribution in [0, 0.1) is 0 Å². The lowest BCUT2D eigenvalue weighted by Crippen LogP contribution is -2.65. The molecule has 0 spiro atoms. The fourth-order valence-corrected chi connectivity index (χ4v) is 3.82. The number of aliphatic hydroxyl groups is 8. The van der Waals surface area contributed by atoms with Crippen molar-refractivity contribution < 1.29 is 79.6 Å². The Morgan fingerprint density at radius 1 is 0.829 bits per heavy atom. The monoisotopic (exact) mass is 516 g/mol. The highest BCUT2D eigenvalue weighted by Crippen LogP contribution is 2.35. The molecule has 0 aromatic heterocycles. The van der Waals surface area contributed by atoms with Crippen molar-refractivity contribution in [2.75, 3.05) is 26.4 Å². The van der Waals surface area contributed by atoms with Crippen molar-refractivity contribution >= 4 is 11.9 Å². The second-order valence-corrected chi connectivity index (χ2v) is 8.36. The van der Waals surface area contributed by atoms with Gasteiger partial charge in [-0.05, 0) is 6.42 Å². The predicted molar refractivity (Wildman–Crippen MR) is 106 cm³/mol. The van der Waals surface area contributed by atoms with Gasteiger partial charge in [0.25, 0.3) is 11.6 Å². The van der Waals surface area contributed by atoms with Gasteiger partial charge >= 0.3 is 11.9 Å². The summed E-state index contributed by atoms with van der Waals surface area (Å²) in [5.74, 6) is -8.78. The van der Waals surface area contributed by atoms with Gasteiger partial charge in [-0.25, -0.2) is 9.59 Å². The highest BCUT2D eigenvalue weighted by molar-refractivity contribution is 5.76. The lowest BCUT2D eigenvalue weighted by molar-refractivity contribution is -0.343. The molecule has 0 unspecified atom stereocenters. The van der Waals surface area contributed by atoms with Crippen LogP contribution in [0.25, 0.3) is 0 Å². The molecule has 0 aromatic rings. The van der Waals surface area contributed by atoms with Crippen LogP contribution in [0.1, 0.15) is 19.3 Å². The maximum absolute atomic E-state index is 11.9. The van der Waals surface area contributed by atoms with Crippen molar-refractivity contribution in [1.29, 1.82) is 0 Å². The number of hydrogen-bond donors (Lipinski definition) is 10. The normalized spacial score (nSPS) is 39.7. The maximum atomic E-state index is 11.9. The summed E-state index contributed by atoms with van der Waals surface area (Å²) in [7, 11) is 0. The van der Waals surface area contributed by atoms with Crippen LogP contribution < -0.4 is 0 Å². The minimum Gasteiger partial charge on any atom is -0.477 e. The minimum absolute atomic E-state index is 0.0148. The minimum atomic E-state index is -2.74. The van der Waals surface area contributed by atoms with Crippen molar-refractivity contribution in [3.63, 3.8) is 0 Å². The van der Waals surface area contributed by atoms with E-state index in [1.165, 1.54) is 0 Å². The molecule has 2 fully saturated rings. The Kier molecular flexibility index (Phi) is 10.3. The van der Waals surface area contributed by atoms with Crippen LogP contribution in [0.3, 0.4) is 0 Å². The van der Waals surface area contributed by atoms with E-state index in [1.807, 2.05) is 0 Å². The highest BCUT2D eigenvalue weighted by atomic mass is 16.7. The van der Waals surface area contributed by atoms with Crippen molar-refractivity contribution in [2.45, 2.75) is 79.7 Å². The van der Waals surface area contributed by atoms with Gasteiger partial charge in [-0.1, -0.05) is 0 Å². The van der Waals surface area contributed by atoms with Crippen molar-refractivity contribution in [3.05, 3.63) is 0 Å². The second-order valence-electron chi connectivity index (χ2n) is 8.36. The van der Waals surface area contributed by atoms with E-state index in [1.54, 1.807) is 0 Å². The average Bonchev–Trinajstić information content (AvgIpc) is 2.81. The molecule has 0 aromatic carbocycles. The molecule has 0 bridgehead atoms. The highest BCUT2D eigenvalue weighted by Gasteiger charge is 2.57. The molecule has 35 heavy (non-hydrogen) atoms. The summed E-state index contributed by atoms with van der Waals surface area (Å²) in [6.45, 7) is -2.63. The Bertz CT molecular complexity index is 721. The number of carboxylic acids is 2. The molecule has 10 N–H and O–H groups in total. The molecule has 204 valence electrons. The Balaban J connectivity index is 2.21. The van der Waals surface area contributed by atoms with Crippen molar-refractivity contribution in [3.8, 4) is 0 Å². The molecule has 2 aliphatic rings. The molecule has 2 saturated heterocycles. The lowest BCUT2D eigenvalue weighted by Gasteiger charge is -2.46. The summed E-state index contributed by atoms with van der Waals surface area (Å²) >= 11 is 0. The van der Waals surface area contributed by atoms with Gasteiger partial charge in [-0.15, -0.1) is 0 Å². The van der Waals surface area contributed by atoms with Gasteiger partial charge in [0.05, 0.1) is 32.0 Å². The standard InChI is InChI=1S/C19H32O16/c20-2-1-3-32-18(16(28)29)4-8(22)13(27)15(35-18)11(25)7-33-19(17(30)31)5-9(23)12(26)14(34-19)10(24)6-21/h8-15,20-27H,1-7H2,(H,28,29)(H,30,31)/t8-,9-,10-,11-,12-,13-,14-,15-,18-,19-/m1/s1. The van der Waals surface area contributed by atoms with E-state index < -0.39 is 98.4 Å². The van der Waals surface area contributed by atoms with Crippen LogP contribution in [0.5, 0.6) is 0 Å². The molecule has 2 heterocycles. The molecule has 16 nitrogen and oxygen atoms in total. The van der Waals surface area contributed by atoms with Gasteiger partial charge in [0.1, 0.15) is 36.6 Å². The Morgan fingerprint density at radius 2 is 1.29 bits per heavy atom. The zero-order chi connectivity index (χ0) is 26.6. The molecular formula is C19H32O16. The number of aliphatic hydroxyl groups excluding tert-OH is 8. The zero-order valence-electron chi connectivity index (χ0n) is 18.5. The summed E-state index contributed by atoms with van der Waals surface area (Å²) in [4.78, 5) is 23.7. The van der Waals surface area contributed by atoms with Gasteiger partial charge in [0, 0.05) is 19.4 Å². The maximum Gasteiger partial charge on any atom is 0.364 e. The van der Waals surface area contributed by atoms with Crippen LogP contribution >= 0.6 is 0 Å². The topological polar surface area (TPSA) is 273 Å². The van der Waals surface area contributed by atoms with Gasteiger partial charge in [-0.2, -0.15) is 0 Å². The molecule has 2 aliphatic heterocycles. The van der Waals surface area contributed by atoms with E-state index in [0.717, 1.165) is 0 Å². The Labute approximate surface area is 198 Å². The third-order valence-corrected chi connectivity index (χ3v) is 5.79. The number of rotatable bonds is 12. The molecule has 0 radical (unpaired) electrons. The van der Waals surface area contributed by atoms with Gasteiger partial charge in [-0.3, -0.25) is 0 Å². The van der Waals surface area contributed by atoms with E-state index in [-0.39, 0.29) is 19.6 Å². The molecular weight excluding hydrogens is 484 g/mol. The van der Waals surface area contributed by atoms with Crippen molar-refractivity contribution in [2.24, 2.45) is 0 Å². The predicted octanol–water partition coefficient (Wildman–Crippen LogP) is -5.30. The first-order valence-corrected chi connectivity index (χ1v) is 10.7. The molecule has 0 aliphatic carbocycles. The SMILES string of the molecule is O=C(O)[C@@]1(OC[C@@H](O)[C@H]2O[C@@](OCCCO)(C(=O)O)C[C@@H](O)[C@H]2O)C[C@@H](O)[C@@H](O)[C@@H]([C@H](O)CO)O1. The van der Waals surface area contributed by atoms with E-state index in [9.17, 15) is 50.4 Å². The first-order chi connectivity index (χ1) is 16.3. The number of carboxylic acid groups (broad SMARTS) is 2. The Morgan fingerprint density at radius 3 is 1.71 bits per heavy atom. The fourth-order valence-electron chi connectivity index (χ4n) is 3.82. The molecule has 2 rings (SSSR count). The van der Waals surface area contributed by atoms with Crippen LogP contribution in [0.4, 0.5) is 0 Å². The second kappa shape index (κ2) is 12.1. The summed E-state index contributed by atoms with van der Waals surface area (Å²) < 4.78 is 20.8. The van der Waals surface area contributed by atoms with Crippen LogP contribution in [-0.4, -0.2) is 150 Å². The number of aliphatic carboxylic acids is 2. The molecule has 0 amide bonds.